The van der Waals surface area contributed by atoms with Gasteiger partial charge in [-0.05, 0) is 25.7 Å². The molecule has 0 amide bonds. The van der Waals surface area contributed by atoms with E-state index in [1.807, 2.05) is 0 Å². The minimum absolute atomic E-state index is 0.191. The Hall–Kier alpha value is -0.990. The smallest absolute Gasteiger partial charge is 0.162 e. The van der Waals surface area contributed by atoms with Crippen molar-refractivity contribution in [2.45, 2.75) is 65.0 Å². The van der Waals surface area contributed by atoms with Gasteiger partial charge in [0.2, 0.25) is 0 Å². The third-order valence-corrected chi connectivity index (χ3v) is 2.97. The van der Waals surface area contributed by atoms with Crippen LogP contribution < -0.4 is 10.6 Å². The number of hydrogen-bond donors (Lipinski definition) is 2. The van der Waals surface area contributed by atoms with E-state index in [-0.39, 0.29) is 6.17 Å². The second kappa shape index (κ2) is 7.31. The Labute approximate surface area is 98.7 Å². The predicted octanol–water partition coefficient (Wildman–Crippen LogP) is 2.69. The molecule has 1 aliphatic rings. The summed E-state index contributed by atoms with van der Waals surface area (Å²) in [7, 11) is 0. The Morgan fingerprint density at radius 3 is 2.06 bits per heavy atom. The van der Waals surface area contributed by atoms with Crippen LogP contribution in [0.5, 0.6) is 0 Å². The summed E-state index contributed by atoms with van der Waals surface area (Å²) in [6, 6.07) is 0. The number of hydrogen-bond acceptors (Lipinski definition) is 3. The number of unbranched alkanes of at least 4 members (excludes halogenated alkanes) is 3. The van der Waals surface area contributed by atoms with Gasteiger partial charge in [0.05, 0.1) is 0 Å². The Balaban J connectivity index is 2.46. The van der Waals surface area contributed by atoms with Gasteiger partial charge in [0.1, 0.15) is 0 Å². The van der Waals surface area contributed by atoms with Crippen LogP contribution in [0.4, 0.5) is 0 Å². The lowest BCUT2D eigenvalue weighted by atomic mass is 10.1. The van der Waals surface area contributed by atoms with E-state index in [4.69, 9.17) is 0 Å². The molecule has 0 fully saturated rings. The maximum absolute atomic E-state index is 10.8. The maximum atomic E-state index is 10.8. The van der Waals surface area contributed by atoms with Crippen LogP contribution in [0.2, 0.25) is 0 Å². The first-order valence-electron chi connectivity index (χ1n) is 6.52. The summed E-state index contributed by atoms with van der Waals surface area (Å²) >= 11 is 0. The molecule has 0 aromatic carbocycles. The van der Waals surface area contributed by atoms with Crippen LogP contribution in [0.1, 0.15) is 58.8 Å². The van der Waals surface area contributed by atoms with Crippen molar-refractivity contribution in [1.82, 2.24) is 10.6 Å². The van der Waals surface area contributed by atoms with Crippen LogP contribution in [0.15, 0.2) is 11.4 Å². The van der Waals surface area contributed by atoms with Gasteiger partial charge in [0, 0.05) is 11.4 Å². The molecular formula is C13H24N2O. The van der Waals surface area contributed by atoms with Crippen LogP contribution in [-0.2, 0) is 4.79 Å². The summed E-state index contributed by atoms with van der Waals surface area (Å²) < 4.78 is 0. The lowest BCUT2D eigenvalue weighted by molar-refractivity contribution is -0.109. The molecule has 0 radical (unpaired) electrons. The van der Waals surface area contributed by atoms with E-state index in [1.165, 1.54) is 43.5 Å². The van der Waals surface area contributed by atoms with Crippen molar-refractivity contribution in [3.05, 3.63) is 11.4 Å². The van der Waals surface area contributed by atoms with E-state index < -0.39 is 0 Å². The Morgan fingerprint density at radius 1 is 1.00 bits per heavy atom. The van der Waals surface area contributed by atoms with Crippen molar-refractivity contribution in [2.75, 3.05) is 0 Å². The molecule has 1 aliphatic heterocycles. The molecule has 1 atom stereocenters. The molecule has 0 aromatic heterocycles. The fourth-order valence-corrected chi connectivity index (χ4v) is 2.01. The van der Waals surface area contributed by atoms with Crippen LogP contribution in [0.25, 0.3) is 0 Å². The van der Waals surface area contributed by atoms with Crippen molar-refractivity contribution < 1.29 is 4.79 Å². The zero-order chi connectivity index (χ0) is 11.8. The molecule has 0 saturated carbocycles. The lowest BCUT2D eigenvalue weighted by Crippen LogP contribution is -2.34. The van der Waals surface area contributed by atoms with Gasteiger partial charge in [-0.3, -0.25) is 4.79 Å². The topological polar surface area (TPSA) is 41.1 Å². The fourth-order valence-electron chi connectivity index (χ4n) is 2.01. The molecule has 0 spiro atoms. The highest BCUT2D eigenvalue weighted by Gasteiger charge is 2.20. The molecule has 1 rings (SSSR count). The molecular weight excluding hydrogens is 200 g/mol. The Bertz CT molecular complexity index is 248. The number of nitrogens with one attached hydrogen (secondary N) is 2. The molecule has 1 unspecified atom stereocenters. The maximum Gasteiger partial charge on any atom is 0.162 e. The summed E-state index contributed by atoms with van der Waals surface area (Å²) in [5, 5.41) is 6.51. The first-order chi connectivity index (χ1) is 7.81. The first-order valence-corrected chi connectivity index (χ1v) is 6.52. The molecule has 3 nitrogen and oxygen atoms in total. The van der Waals surface area contributed by atoms with Crippen LogP contribution in [-0.4, -0.2) is 12.5 Å². The summed E-state index contributed by atoms with van der Waals surface area (Å²) in [6.07, 6.45) is 8.98. The monoisotopic (exact) mass is 224 g/mol. The Kier molecular flexibility index (Phi) is 5.98. The summed E-state index contributed by atoms with van der Waals surface area (Å²) in [6.45, 7) is 4.40. The molecule has 0 aliphatic carbocycles. The summed E-state index contributed by atoms with van der Waals surface area (Å²) in [5.41, 5.74) is 2.52. The predicted molar refractivity (Wildman–Crippen MR) is 66.8 cm³/mol. The molecule has 0 bridgehead atoms. The summed E-state index contributed by atoms with van der Waals surface area (Å²) in [5.74, 6) is 0. The molecule has 0 saturated heterocycles. The van der Waals surface area contributed by atoms with E-state index in [1.54, 1.807) is 0 Å². The van der Waals surface area contributed by atoms with Crippen LogP contribution in [0.3, 0.4) is 0 Å². The van der Waals surface area contributed by atoms with Gasteiger partial charge in [-0.15, -0.1) is 0 Å². The highest BCUT2D eigenvalue weighted by Crippen LogP contribution is 2.19. The molecule has 92 valence electrons. The van der Waals surface area contributed by atoms with Gasteiger partial charge in [-0.1, -0.05) is 33.1 Å². The third-order valence-electron chi connectivity index (χ3n) is 2.97. The first kappa shape index (κ1) is 13.1. The minimum Gasteiger partial charge on any atom is -0.361 e. The van der Waals surface area contributed by atoms with Gasteiger partial charge < -0.3 is 10.6 Å². The Morgan fingerprint density at radius 2 is 1.56 bits per heavy atom. The van der Waals surface area contributed by atoms with Crippen LogP contribution >= 0.6 is 0 Å². The SMILES string of the molecule is CCCCCC1=C(CCCC)NC(C=O)N1. The van der Waals surface area contributed by atoms with E-state index in [9.17, 15) is 4.79 Å². The molecule has 16 heavy (non-hydrogen) atoms. The van der Waals surface area contributed by atoms with Crippen LogP contribution in [0, 0.1) is 0 Å². The number of carbonyl (C=O) groups is 1. The van der Waals surface area contributed by atoms with Crippen molar-refractivity contribution in [3.63, 3.8) is 0 Å². The lowest BCUT2D eigenvalue weighted by Gasteiger charge is -2.05. The van der Waals surface area contributed by atoms with Gasteiger partial charge in [0.25, 0.3) is 0 Å². The highest BCUT2D eigenvalue weighted by atomic mass is 16.1. The molecule has 0 aromatic rings. The fraction of sp³-hybridized carbons (Fsp3) is 0.769. The average Bonchev–Trinajstić information content (AvgIpc) is 2.69. The molecule has 2 N–H and O–H groups in total. The highest BCUT2D eigenvalue weighted by molar-refractivity contribution is 5.59. The normalized spacial score (nSPS) is 19.5. The van der Waals surface area contributed by atoms with Gasteiger partial charge in [-0.25, -0.2) is 0 Å². The van der Waals surface area contributed by atoms with E-state index in [0.29, 0.717) is 0 Å². The number of aldehydes is 1. The van der Waals surface area contributed by atoms with E-state index in [0.717, 1.165) is 19.1 Å². The summed E-state index contributed by atoms with van der Waals surface area (Å²) in [4.78, 5) is 10.8. The van der Waals surface area contributed by atoms with Crippen molar-refractivity contribution >= 4 is 6.29 Å². The van der Waals surface area contributed by atoms with Crippen molar-refractivity contribution in [2.24, 2.45) is 0 Å². The van der Waals surface area contributed by atoms with Gasteiger partial charge >= 0.3 is 0 Å². The van der Waals surface area contributed by atoms with E-state index >= 15 is 0 Å². The minimum atomic E-state index is -0.191. The number of carbonyl (C=O) groups excluding carboxylic acids is 1. The zero-order valence-electron chi connectivity index (χ0n) is 10.5. The number of rotatable bonds is 8. The third kappa shape index (κ3) is 3.87. The zero-order valence-corrected chi connectivity index (χ0v) is 10.5. The van der Waals surface area contributed by atoms with Gasteiger partial charge in [-0.2, -0.15) is 0 Å². The largest absolute Gasteiger partial charge is 0.361 e. The second-order valence-electron chi connectivity index (χ2n) is 4.42. The average molecular weight is 224 g/mol. The standard InChI is InChI=1S/C13H24N2O/c1-3-5-7-9-12-11(8-6-4-2)14-13(10-16)15-12/h10,13-15H,3-9H2,1-2H3. The molecule has 1 heterocycles. The van der Waals surface area contributed by atoms with Gasteiger partial charge in [0.15, 0.2) is 12.5 Å². The molecule has 3 heteroatoms. The van der Waals surface area contributed by atoms with Crippen molar-refractivity contribution in [3.8, 4) is 0 Å². The second-order valence-corrected chi connectivity index (χ2v) is 4.42. The quantitative estimate of drug-likeness (QED) is 0.492. The number of allylic oxidation sites excluding steroid dienone is 2. The van der Waals surface area contributed by atoms with E-state index in [2.05, 4.69) is 24.5 Å². The van der Waals surface area contributed by atoms with Crippen molar-refractivity contribution in [1.29, 1.82) is 0 Å².